The van der Waals surface area contributed by atoms with Crippen LogP contribution in [0.15, 0.2) is 30.3 Å². The molecule has 3 nitrogen and oxygen atoms in total. The summed E-state index contributed by atoms with van der Waals surface area (Å²) in [6, 6.07) is 11.0. The Morgan fingerprint density at radius 3 is 2.83 bits per heavy atom. The molecule has 1 aromatic carbocycles. The van der Waals surface area contributed by atoms with Gasteiger partial charge in [-0.2, -0.15) is 0 Å². The van der Waals surface area contributed by atoms with Crippen LogP contribution < -0.4 is 0 Å². The van der Waals surface area contributed by atoms with Crippen LogP contribution in [0.1, 0.15) is 31.4 Å². The molecule has 2 atom stereocenters. The first-order valence-electron chi connectivity index (χ1n) is 6.56. The summed E-state index contributed by atoms with van der Waals surface area (Å²) in [5.41, 5.74) is 1.34. The lowest BCUT2D eigenvalue weighted by Gasteiger charge is -2.24. The second-order valence-electron chi connectivity index (χ2n) is 5.02. The smallest absolute Gasteiger partial charge is 0.305 e. The van der Waals surface area contributed by atoms with Crippen LogP contribution in [0.4, 0.5) is 0 Å². The molecular weight excluding hydrogens is 226 g/mol. The van der Waals surface area contributed by atoms with E-state index in [0.29, 0.717) is 18.4 Å². The van der Waals surface area contributed by atoms with Crippen molar-refractivity contribution < 1.29 is 9.53 Å². The zero-order valence-electron chi connectivity index (χ0n) is 11.1. The molecule has 0 aromatic heterocycles. The van der Waals surface area contributed by atoms with Crippen LogP contribution in [-0.2, 0) is 9.53 Å². The molecule has 0 bridgehead atoms. The lowest BCUT2D eigenvalue weighted by molar-refractivity contribution is -0.141. The first-order chi connectivity index (χ1) is 8.70. The normalized spacial score (nSPS) is 21.8. The summed E-state index contributed by atoms with van der Waals surface area (Å²) in [6.07, 6.45) is 1.64. The Kier molecular flexibility index (Phi) is 4.37. The first kappa shape index (κ1) is 13.1. The van der Waals surface area contributed by atoms with Crippen molar-refractivity contribution in [1.29, 1.82) is 0 Å². The van der Waals surface area contributed by atoms with E-state index in [0.717, 1.165) is 19.5 Å². The van der Waals surface area contributed by atoms with Gasteiger partial charge in [0.25, 0.3) is 0 Å². The van der Waals surface area contributed by atoms with Crippen molar-refractivity contribution in [3.63, 3.8) is 0 Å². The summed E-state index contributed by atoms with van der Waals surface area (Å²) < 4.78 is 4.74. The van der Waals surface area contributed by atoms with E-state index in [9.17, 15) is 4.79 Å². The number of nitrogens with zero attached hydrogens (tertiary/aromatic N) is 1. The Labute approximate surface area is 109 Å². The number of methoxy groups -OCH3 is 1. The van der Waals surface area contributed by atoms with Crippen molar-refractivity contribution in [3.05, 3.63) is 35.9 Å². The highest BCUT2D eigenvalue weighted by Gasteiger charge is 2.28. The minimum atomic E-state index is -0.0887. The quantitative estimate of drug-likeness (QED) is 0.766. The van der Waals surface area contributed by atoms with Gasteiger partial charge < -0.3 is 4.74 Å². The van der Waals surface area contributed by atoms with E-state index >= 15 is 0 Å². The van der Waals surface area contributed by atoms with E-state index in [4.69, 9.17) is 4.74 Å². The van der Waals surface area contributed by atoms with Crippen LogP contribution in [0.2, 0.25) is 0 Å². The molecule has 18 heavy (non-hydrogen) atoms. The van der Waals surface area contributed by atoms with E-state index in [1.165, 1.54) is 12.7 Å². The number of carbonyl (C=O) groups is 1. The minimum absolute atomic E-state index is 0.0887. The van der Waals surface area contributed by atoms with Gasteiger partial charge in [-0.15, -0.1) is 0 Å². The van der Waals surface area contributed by atoms with Crippen molar-refractivity contribution in [3.8, 4) is 0 Å². The SMILES string of the molecule is COC(=O)CC1CCN([C@@H](C)c2ccccc2)C1. The summed E-state index contributed by atoms with van der Waals surface area (Å²) in [5, 5.41) is 0. The molecular formula is C15H21NO2. The highest BCUT2D eigenvalue weighted by molar-refractivity contribution is 5.69. The van der Waals surface area contributed by atoms with Gasteiger partial charge in [-0.05, 0) is 31.4 Å². The third-order valence-electron chi connectivity index (χ3n) is 3.83. The molecule has 2 rings (SSSR count). The number of carbonyl (C=O) groups excluding carboxylic acids is 1. The highest BCUT2D eigenvalue weighted by Crippen LogP contribution is 2.28. The number of esters is 1. The maximum absolute atomic E-state index is 11.3. The molecule has 98 valence electrons. The van der Waals surface area contributed by atoms with Gasteiger partial charge in [0.15, 0.2) is 0 Å². The van der Waals surface area contributed by atoms with Crippen LogP contribution in [0.5, 0.6) is 0 Å². The number of benzene rings is 1. The molecule has 1 aromatic rings. The van der Waals surface area contributed by atoms with Crippen molar-refractivity contribution in [2.45, 2.75) is 25.8 Å². The fourth-order valence-electron chi connectivity index (χ4n) is 2.64. The molecule has 1 heterocycles. The second-order valence-corrected chi connectivity index (χ2v) is 5.02. The molecule has 1 saturated heterocycles. The van der Waals surface area contributed by atoms with Gasteiger partial charge in [0, 0.05) is 19.0 Å². The molecule has 1 aliphatic rings. The second kappa shape index (κ2) is 6.01. The highest BCUT2D eigenvalue weighted by atomic mass is 16.5. The minimum Gasteiger partial charge on any atom is -0.469 e. The Hall–Kier alpha value is -1.35. The third kappa shape index (κ3) is 3.10. The maximum atomic E-state index is 11.3. The third-order valence-corrected chi connectivity index (χ3v) is 3.83. The zero-order chi connectivity index (χ0) is 13.0. The number of likely N-dealkylation sites (tertiary alicyclic amines) is 1. The van der Waals surface area contributed by atoms with Gasteiger partial charge in [0.2, 0.25) is 0 Å². The molecule has 0 saturated carbocycles. The zero-order valence-corrected chi connectivity index (χ0v) is 11.1. The standard InChI is InChI=1S/C15H21NO2/c1-12(14-6-4-3-5-7-14)16-9-8-13(11-16)10-15(17)18-2/h3-7,12-13H,8-11H2,1-2H3/t12-,13?/m0/s1. The number of rotatable bonds is 4. The monoisotopic (exact) mass is 247 g/mol. The predicted molar refractivity (Wildman–Crippen MR) is 71.2 cm³/mol. The van der Waals surface area contributed by atoms with Crippen molar-refractivity contribution >= 4 is 5.97 Å². The summed E-state index contributed by atoms with van der Waals surface area (Å²) in [7, 11) is 1.46. The number of hydrogen-bond donors (Lipinski definition) is 0. The Morgan fingerprint density at radius 1 is 1.44 bits per heavy atom. The van der Waals surface area contributed by atoms with Crippen molar-refractivity contribution in [1.82, 2.24) is 4.90 Å². The largest absolute Gasteiger partial charge is 0.469 e. The van der Waals surface area contributed by atoms with E-state index in [1.54, 1.807) is 0 Å². The van der Waals surface area contributed by atoms with Crippen molar-refractivity contribution in [2.24, 2.45) is 5.92 Å². The van der Waals surface area contributed by atoms with Crippen molar-refractivity contribution in [2.75, 3.05) is 20.2 Å². The molecule has 0 radical (unpaired) electrons. The van der Waals surface area contributed by atoms with Gasteiger partial charge in [-0.1, -0.05) is 30.3 Å². The van der Waals surface area contributed by atoms with E-state index in [2.05, 4.69) is 36.1 Å². The van der Waals surface area contributed by atoms with E-state index in [-0.39, 0.29) is 5.97 Å². The maximum Gasteiger partial charge on any atom is 0.305 e. The van der Waals surface area contributed by atoms with Crippen LogP contribution >= 0.6 is 0 Å². The molecule has 3 heteroatoms. The van der Waals surface area contributed by atoms with Gasteiger partial charge >= 0.3 is 5.97 Å². The fourth-order valence-corrected chi connectivity index (χ4v) is 2.64. The van der Waals surface area contributed by atoms with Crippen LogP contribution in [0.25, 0.3) is 0 Å². The van der Waals surface area contributed by atoms with Crippen LogP contribution in [-0.4, -0.2) is 31.1 Å². The number of hydrogen-bond acceptors (Lipinski definition) is 3. The average molecular weight is 247 g/mol. The van der Waals surface area contributed by atoms with Gasteiger partial charge in [0.05, 0.1) is 7.11 Å². The Bertz CT molecular complexity index is 391. The average Bonchev–Trinajstić information content (AvgIpc) is 2.87. The van der Waals surface area contributed by atoms with Crippen LogP contribution in [0.3, 0.4) is 0 Å². The predicted octanol–water partition coefficient (Wildman–Crippen LogP) is 2.63. The molecule has 0 aliphatic carbocycles. The molecule has 1 fully saturated rings. The van der Waals surface area contributed by atoms with E-state index in [1.807, 2.05) is 6.07 Å². The molecule has 0 amide bonds. The molecule has 0 N–H and O–H groups in total. The Balaban J connectivity index is 1.91. The fraction of sp³-hybridized carbons (Fsp3) is 0.533. The lowest BCUT2D eigenvalue weighted by Crippen LogP contribution is -2.25. The summed E-state index contributed by atoms with van der Waals surface area (Å²) >= 11 is 0. The molecule has 1 aliphatic heterocycles. The van der Waals surface area contributed by atoms with Crippen LogP contribution in [0, 0.1) is 5.92 Å². The lowest BCUT2D eigenvalue weighted by atomic mass is 10.0. The summed E-state index contributed by atoms with van der Waals surface area (Å²) in [5.74, 6) is 0.359. The van der Waals surface area contributed by atoms with Gasteiger partial charge in [-0.3, -0.25) is 9.69 Å². The summed E-state index contributed by atoms with van der Waals surface area (Å²) in [6.45, 7) is 4.29. The molecule has 0 spiro atoms. The summed E-state index contributed by atoms with van der Waals surface area (Å²) in [4.78, 5) is 13.7. The van der Waals surface area contributed by atoms with Gasteiger partial charge in [-0.25, -0.2) is 0 Å². The number of ether oxygens (including phenoxy) is 1. The first-order valence-corrected chi connectivity index (χ1v) is 6.56. The van der Waals surface area contributed by atoms with Gasteiger partial charge in [0.1, 0.15) is 0 Å². The Morgan fingerprint density at radius 2 is 2.17 bits per heavy atom. The molecule has 1 unspecified atom stereocenters. The van der Waals surface area contributed by atoms with E-state index < -0.39 is 0 Å². The topological polar surface area (TPSA) is 29.5 Å².